The summed E-state index contributed by atoms with van der Waals surface area (Å²) in [6.07, 6.45) is -3.82. The molecular weight excluding hydrogens is 505 g/mol. The molecule has 0 fully saturated rings. The van der Waals surface area contributed by atoms with Crippen molar-refractivity contribution in [2.24, 2.45) is 0 Å². The summed E-state index contributed by atoms with van der Waals surface area (Å²) in [6.45, 7) is 0. The summed E-state index contributed by atoms with van der Waals surface area (Å²) in [6, 6.07) is 27.1. The Bertz CT molecular complexity index is 1220. The average molecular weight is 527 g/mol. The number of hydrogen-bond acceptors (Lipinski definition) is 3. The Morgan fingerprint density at radius 1 is 0.824 bits per heavy atom. The number of benzene rings is 3. The first-order chi connectivity index (χ1) is 16.3. The van der Waals surface area contributed by atoms with E-state index >= 15 is 0 Å². The Morgan fingerprint density at radius 3 is 2.09 bits per heavy atom. The topological polar surface area (TPSA) is 45.1 Å². The minimum Gasteiger partial charge on any atom is -0.374 e. The van der Waals surface area contributed by atoms with Crippen LogP contribution in [0.2, 0.25) is 0 Å². The molecule has 0 aliphatic rings. The molecule has 7 heteroatoms. The lowest BCUT2D eigenvalue weighted by Gasteiger charge is -2.38. The van der Waals surface area contributed by atoms with E-state index in [1.165, 1.54) is 6.07 Å². The highest BCUT2D eigenvalue weighted by Gasteiger charge is 2.40. The van der Waals surface area contributed by atoms with Gasteiger partial charge in [-0.15, -0.1) is 0 Å². The number of rotatable bonds is 7. The first kappa shape index (κ1) is 24.1. The molecule has 1 heterocycles. The van der Waals surface area contributed by atoms with Gasteiger partial charge in [0.15, 0.2) is 0 Å². The molecule has 0 aliphatic carbocycles. The first-order valence-corrected chi connectivity index (χ1v) is 11.4. The van der Waals surface area contributed by atoms with Gasteiger partial charge in [-0.05, 0) is 56.9 Å². The zero-order valence-corrected chi connectivity index (χ0v) is 19.6. The van der Waals surface area contributed by atoms with Crippen LogP contribution in [0.4, 0.5) is 13.2 Å². The number of alkyl halides is 3. The summed E-state index contributed by atoms with van der Waals surface area (Å²) in [5.41, 5.74) is 0.250. The number of nitrogens with one attached hydrogen (secondary N) is 1. The van der Waals surface area contributed by atoms with E-state index in [0.717, 1.165) is 22.2 Å². The van der Waals surface area contributed by atoms with Crippen LogP contribution in [-0.4, -0.2) is 10.1 Å². The molecule has 0 saturated heterocycles. The number of aromatic nitrogens is 1. The minimum absolute atomic E-state index is 0.258. The summed E-state index contributed by atoms with van der Waals surface area (Å²) < 4.78 is 41.8. The Hall–Kier alpha value is -3.00. The second kappa shape index (κ2) is 10.1. The molecule has 0 aliphatic heterocycles. The molecule has 4 rings (SSSR count). The van der Waals surface area contributed by atoms with E-state index in [0.29, 0.717) is 16.8 Å². The van der Waals surface area contributed by atoms with Gasteiger partial charge in [-0.3, -0.25) is 10.3 Å². The van der Waals surface area contributed by atoms with Crippen LogP contribution in [0.15, 0.2) is 108 Å². The van der Waals surface area contributed by atoms with E-state index in [2.05, 4.69) is 26.2 Å². The van der Waals surface area contributed by atoms with Crippen LogP contribution in [0.5, 0.6) is 0 Å². The number of hydrogen-bond donors (Lipinski definition) is 2. The van der Waals surface area contributed by atoms with Crippen molar-refractivity contribution in [3.8, 4) is 0 Å². The van der Waals surface area contributed by atoms with Gasteiger partial charge in [0.25, 0.3) is 0 Å². The fourth-order valence-corrected chi connectivity index (χ4v) is 4.23. The summed E-state index contributed by atoms with van der Waals surface area (Å²) >= 11 is 3.38. The summed E-state index contributed by atoms with van der Waals surface area (Å²) in [7, 11) is 0. The molecule has 2 N–H and O–H groups in total. The molecule has 0 spiro atoms. The van der Waals surface area contributed by atoms with Crippen molar-refractivity contribution in [1.29, 1.82) is 0 Å². The van der Waals surface area contributed by atoms with Crippen LogP contribution >= 0.6 is 15.9 Å². The molecule has 3 aromatic carbocycles. The Kier molecular flexibility index (Phi) is 7.16. The molecular formula is C27H22BrF3N2O. The number of aliphatic hydroxyl groups is 1. The normalized spacial score (nSPS) is 14.4. The van der Waals surface area contributed by atoms with Crippen LogP contribution in [0, 0.1) is 0 Å². The Labute approximate surface area is 204 Å². The maximum Gasteiger partial charge on any atom is 0.416 e. The van der Waals surface area contributed by atoms with Crippen molar-refractivity contribution in [3.05, 3.63) is 136 Å². The standard InChI is InChI=1S/C27H22BrF3N2O/c28-23-14-15-24(32-18-23)26(17-19-8-3-1-4-9-19,33-25(34)20-10-5-2-6-11-20)21-12-7-13-22(16-21)27(29,30)31/h1-16,18,25,33-34H,17H2/t25-,26?/m0/s1. The molecule has 0 radical (unpaired) electrons. The molecule has 0 saturated carbocycles. The zero-order chi connectivity index (χ0) is 24.2. The van der Waals surface area contributed by atoms with Gasteiger partial charge in [0.1, 0.15) is 6.23 Å². The largest absolute Gasteiger partial charge is 0.416 e. The summed E-state index contributed by atoms with van der Waals surface area (Å²) in [4.78, 5) is 4.56. The monoisotopic (exact) mass is 526 g/mol. The lowest BCUT2D eigenvalue weighted by Crippen LogP contribution is -2.48. The van der Waals surface area contributed by atoms with Gasteiger partial charge < -0.3 is 5.11 Å². The molecule has 4 aromatic rings. The van der Waals surface area contributed by atoms with Crippen molar-refractivity contribution >= 4 is 15.9 Å². The highest BCUT2D eigenvalue weighted by Crippen LogP contribution is 2.38. The third-order valence-corrected chi connectivity index (χ3v) is 6.13. The first-order valence-electron chi connectivity index (χ1n) is 10.6. The van der Waals surface area contributed by atoms with Crippen molar-refractivity contribution in [2.45, 2.75) is 24.4 Å². The van der Waals surface area contributed by atoms with E-state index < -0.39 is 23.5 Å². The van der Waals surface area contributed by atoms with Gasteiger partial charge in [0.2, 0.25) is 0 Å². The second-order valence-corrected chi connectivity index (χ2v) is 8.88. The van der Waals surface area contributed by atoms with Crippen LogP contribution in [0.3, 0.4) is 0 Å². The maximum absolute atomic E-state index is 13.7. The number of nitrogens with zero attached hydrogens (tertiary/aromatic N) is 1. The number of aliphatic hydroxyl groups excluding tert-OH is 1. The van der Waals surface area contributed by atoms with Crippen molar-refractivity contribution < 1.29 is 18.3 Å². The highest BCUT2D eigenvalue weighted by atomic mass is 79.9. The van der Waals surface area contributed by atoms with Crippen LogP contribution in [-0.2, 0) is 18.1 Å². The molecule has 1 unspecified atom stereocenters. The number of pyridine rings is 1. The molecule has 34 heavy (non-hydrogen) atoms. The zero-order valence-electron chi connectivity index (χ0n) is 18.0. The SMILES string of the molecule is O[C@H](NC(Cc1ccccc1)(c1cccc(C(F)(F)F)c1)c1ccc(Br)cn1)c1ccccc1. The maximum atomic E-state index is 13.7. The van der Waals surface area contributed by atoms with Gasteiger partial charge in [0, 0.05) is 17.1 Å². The molecule has 0 bridgehead atoms. The number of halogens is 4. The molecule has 1 aromatic heterocycles. The van der Waals surface area contributed by atoms with Gasteiger partial charge in [-0.2, -0.15) is 13.2 Å². The molecule has 0 amide bonds. The van der Waals surface area contributed by atoms with Gasteiger partial charge in [-0.25, -0.2) is 0 Å². The third-order valence-electron chi connectivity index (χ3n) is 5.66. The lowest BCUT2D eigenvalue weighted by molar-refractivity contribution is -0.137. The quantitative estimate of drug-likeness (QED) is 0.265. The van der Waals surface area contributed by atoms with Crippen LogP contribution in [0.1, 0.15) is 34.2 Å². The smallest absolute Gasteiger partial charge is 0.374 e. The van der Waals surface area contributed by atoms with Crippen molar-refractivity contribution in [2.75, 3.05) is 0 Å². The molecule has 174 valence electrons. The van der Waals surface area contributed by atoms with Gasteiger partial charge >= 0.3 is 6.18 Å². The van der Waals surface area contributed by atoms with E-state index in [1.807, 2.05) is 36.4 Å². The van der Waals surface area contributed by atoms with Crippen molar-refractivity contribution in [3.63, 3.8) is 0 Å². The van der Waals surface area contributed by atoms with Crippen LogP contribution < -0.4 is 5.32 Å². The van der Waals surface area contributed by atoms with Crippen LogP contribution in [0.25, 0.3) is 0 Å². The Balaban J connectivity index is 1.93. The summed E-state index contributed by atoms with van der Waals surface area (Å²) in [5.74, 6) is 0. The fourth-order valence-electron chi connectivity index (χ4n) is 3.99. The van der Waals surface area contributed by atoms with Gasteiger partial charge in [0.05, 0.1) is 16.8 Å². The highest BCUT2D eigenvalue weighted by molar-refractivity contribution is 9.10. The molecule has 2 atom stereocenters. The minimum atomic E-state index is -4.51. The van der Waals surface area contributed by atoms with E-state index in [9.17, 15) is 18.3 Å². The summed E-state index contributed by atoms with van der Waals surface area (Å²) in [5, 5.41) is 14.4. The van der Waals surface area contributed by atoms with E-state index in [-0.39, 0.29) is 6.42 Å². The van der Waals surface area contributed by atoms with E-state index in [1.54, 1.807) is 48.7 Å². The van der Waals surface area contributed by atoms with E-state index in [4.69, 9.17) is 0 Å². The predicted octanol–water partition coefficient (Wildman–Crippen LogP) is 6.63. The predicted molar refractivity (Wildman–Crippen MR) is 129 cm³/mol. The fraction of sp³-hybridized carbons (Fsp3) is 0.148. The lowest BCUT2D eigenvalue weighted by atomic mass is 9.79. The average Bonchev–Trinajstić information content (AvgIpc) is 2.85. The third kappa shape index (κ3) is 5.38. The Morgan fingerprint density at radius 2 is 1.47 bits per heavy atom. The van der Waals surface area contributed by atoms with Crippen molar-refractivity contribution in [1.82, 2.24) is 10.3 Å². The molecule has 3 nitrogen and oxygen atoms in total. The second-order valence-electron chi connectivity index (χ2n) is 7.97. The van der Waals surface area contributed by atoms with Gasteiger partial charge in [-0.1, -0.05) is 72.8 Å².